The van der Waals surface area contributed by atoms with E-state index >= 15 is 0 Å². The van der Waals surface area contributed by atoms with Gasteiger partial charge in [-0.05, 0) is 52.2 Å². The monoisotopic (exact) mass is 514 g/mol. The van der Waals surface area contributed by atoms with E-state index in [2.05, 4.69) is 65.3 Å². The molecule has 0 unspecified atom stereocenters. The van der Waals surface area contributed by atoms with Crippen molar-refractivity contribution in [3.8, 4) is 0 Å². The minimum absolute atomic E-state index is 0. The van der Waals surface area contributed by atoms with Gasteiger partial charge in [0.05, 0.1) is 12.2 Å². The highest BCUT2D eigenvalue weighted by Gasteiger charge is 2.20. The Morgan fingerprint density at radius 1 is 1.25 bits per heavy atom. The van der Waals surface area contributed by atoms with Crippen LogP contribution >= 0.6 is 35.3 Å². The van der Waals surface area contributed by atoms with Crippen molar-refractivity contribution in [1.29, 1.82) is 0 Å². The highest BCUT2D eigenvalue weighted by atomic mass is 127. The number of aromatic nitrogens is 2. The van der Waals surface area contributed by atoms with Crippen LogP contribution in [-0.2, 0) is 6.54 Å². The molecule has 3 heterocycles. The zero-order valence-electron chi connectivity index (χ0n) is 17.2. The van der Waals surface area contributed by atoms with Crippen molar-refractivity contribution in [3.63, 3.8) is 0 Å². The van der Waals surface area contributed by atoms with Crippen molar-refractivity contribution in [2.24, 2.45) is 4.99 Å². The van der Waals surface area contributed by atoms with Gasteiger partial charge in [-0.15, -0.1) is 35.3 Å². The molecule has 0 aromatic carbocycles. The molecule has 0 amide bonds. The van der Waals surface area contributed by atoms with Crippen molar-refractivity contribution in [2.75, 3.05) is 24.5 Å². The molecule has 1 fully saturated rings. The summed E-state index contributed by atoms with van der Waals surface area (Å²) in [5.74, 6) is 1.96. The number of pyridine rings is 1. The van der Waals surface area contributed by atoms with E-state index in [0.717, 1.165) is 55.0 Å². The molecule has 2 aromatic heterocycles. The highest BCUT2D eigenvalue weighted by molar-refractivity contribution is 14.0. The Morgan fingerprint density at radius 3 is 2.57 bits per heavy atom. The first-order valence-corrected chi connectivity index (χ1v) is 10.5. The van der Waals surface area contributed by atoms with Crippen molar-refractivity contribution in [3.05, 3.63) is 39.5 Å². The number of aryl methyl sites for hydroxylation is 3. The van der Waals surface area contributed by atoms with Crippen LogP contribution in [0, 0.1) is 20.8 Å². The standard InChI is InChI=1S/C20H30N6S.HI/c1-5-21-20(23-13-19-24-15(3)16(4)27-19)25-17-8-10-26(11-9-17)18-7-6-14(2)12-22-18;/h6-7,12,17H,5,8-11,13H2,1-4H3,(H2,21,23,25);1H. The lowest BCUT2D eigenvalue weighted by Gasteiger charge is -2.33. The Hall–Kier alpha value is -1.42. The predicted molar refractivity (Wildman–Crippen MR) is 129 cm³/mol. The van der Waals surface area contributed by atoms with Gasteiger partial charge in [0.2, 0.25) is 0 Å². The average molecular weight is 514 g/mol. The molecule has 8 heteroatoms. The first-order chi connectivity index (χ1) is 13.0. The molecular weight excluding hydrogens is 483 g/mol. The smallest absolute Gasteiger partial charge is 0.191 e. The van der Waals surface area contributed by atoms with Gasteiger partial charge in [0.15, 0.2) is 5.96 Å². The van der Waals surface area contributed by atoms with Crippen LogP contribution < -0.4 is 15.5 Å². The number of piperidine rings is 1. The third-order valence-electron chi connectivity index (χ3n) is 4.85. The van der Waals surface area contributed by atoms with Crippen molar-refractivity contribution in [1.82, 2.24) is 20.6 Å². The van der Waals surface area contributed by atoms with Crippen LogP contribution in [0.4, 0.5) is 5.82 Å². The molecule has 1 saturated heterocycles. The summed E-state index contributed by atoms with van der Waals surface area (Å²) in [7, 11) is 0. The van der Waals surface area contributed by atoms with Crippen molar-refractivity contribution in [2.45, 2.75) is 53.1 Å². The van der Waals surface area contributed by atoms with E-state index in [1.54, 1.807) is 11.3 Å². The lowest BCUT2D eigenvalue weighted by Crippen LogP contribution is -2.48. The number of nitrogens with zero attached hydrogens (tertiary/aromatic N) is 4. The number of halogens is 1. The molecule has 0 saturated carbocycles. The summed E-state index contributed by atoms with van der Waals surface area (Å²) in [5.41, 5.74) is 2.31. The van der Waals surface area contributed by atoms with E-state index in [9.17, 15) is 0 Å². The minimum atomic E-state index is 0. The normalized spacial score (nSPS) is 15.3. The van der Waals surface area contributed by atoms with E-state index in [4.69, 9.17) is 4.99 Å². The van der Waals surface area contributed by atoms with Gasteiger partial charge in [-0.2, -0.15) is 0 Å². The molecule has 0 bridgehead atoms. The summed E-state index contributed by atoms with van der Waals surface area (Å²) < 4.78 is 0. The zero-order chi connectivity index (χ0) is 19.2. The second-order valence-electron chi connectivity index (χ2n) is 7.04. The lowest BCUT2D eigenvalue weighted by molar-refractivity contribution is 0.459. The van der Waals surface area contributed by atoms with E-state index in [0.29, 0.717) is 12.6 Å². The molecule has 0 spiro atoms. The van der Waals surface area contributed by atoms with Gasteiger partial charge in [0.25, 0.3) is 0 Å². The van der Waals surface area contributed by atoms with Crippen LogP contribution in [-0.4, -0.2) is 41.6 Å². The molecule has 2 aromatic rings. The molecule has 154 valence electrons. The molecule has 28 heavy (non-hydrogen) atoms. The Bertz CT molecular complexity index is 746. The van der Waals surface area contributed by atoms with Gasteiger partial charge in [-0.3, -0.25) is 0 Å². The van der Waals surface area contributed by atoms with E-state index in [-0.39, 0.29) is 24.0 Å². The number of thiazole rings is 1. The first kappa shape index (κ1) is 22.9. The van der Waals surface area contributed by atoms with Gasteiger partial charge in [-0.1, -0.05) is 6.07 Å². The molecule has 1 aliphatic heterocycles. The van der Waals surface area contributed by atoms with Crippen LogP contribution in [0.25, 0.3) is 0 Å². The quantitative estimate of drug-likeness (QED) is 0.361. The fourth-order valence-corrected chi connectivity index (χ4v) is 4.03. The minimum Gasteiger partial charge on any atom is -0.357 e. The Balaban J connectivity index is 0.00000280. The maximum absolute atomic E-state index is 4.74. The molecule has 0 atom stereocenters. The molecule has 0 aliphatic carbocycles. The van der Waals surface area contributed by atoms with E-state index in [1.165, 1.54) is 10.4 Å². The van der Waals surface area contributed by atoms with Gasteiger partial charge >= 0.3 is 0 Å². The summed E-state index contributed by atoms with van der Waals surface area (Å²) in [6, 6.07) is 4.68. The average Bonchev–Trinajstić information content (AvgIpc) is 2.99. The predicted octanol–water partition coefficient (Wildman–Crippen LogP) is 3.81. The number of rotatable bonds is 5. The van der Waals surface area contributed by atoms with Gasteiger partial charge in [0.1, 0.15) is 10.8 Å². The molecule has 1 aliphatic rings. The number of hydrogen-bond donors (Lipinski definition) is 2. The second-order valence-corrected chi connectivity index (χ2v) is 8.33. The molecule has 2 N–H and O–H groups in total. The number of anilines is 1. The molecule has 0 radical (unpaired) electrons. The lowest BCUT2D eigenvalue weighted by atomic mass is 10.1. The Kier molecular flexibility index (Phi) is 8.94. The van der Waals surface area contributed by atoms with Crippen LogP contribution in [0.5, 0.6) is 0 Å². The first-order valence-electron chi connectivity index (χ1n) is 9.70. The molecule has 6 nitrogen and oxygen atoms in total. The fraction of sp³-hybridized carbons (Fsp3) is 0.550. The maximum atomic E-state index is 4.74. The van der Waals surface area contributed by atoms with Gasteiger partial charge in [0, 0.05) is 36.8 Å². The van der Waals surface area contributed by atoms with Crippen molar-refractivity contribution < 1.29 is 0 Å². The van der Waals surface area contributed by atoms with Crippen LogP contribution in [0.2, 0.25) is 0 Å². The SMILES string of the molecule is CCNC(=NCc1nc(C)c(C)s1)NC1CCN(c2ccc(C)cn2)CC1.I. The summed E-state index contributed by atoms with van der Waals surface area (Å²) in [5, 5.41) is 8.03. The maximum Gasteiger partial charge on any atom is 0.191 e. The van der Waals surface area contributed by atoms with Gasteiger partial charge < -0.3 is 15.5 Å². The third kappa shape index (κ3) is 6.30. The molecule has 3 rings (SSSR count). The van der Waals surface area contributed by atoms with Crippen molar-refractivity contribution >= 4 is 47.1 Å². The largest absolute Gasteiger partial charge is 0.357 e. The van der Waals surface area contributed by atoms with Crippen LogP contribution in [0.1, 0.15) is 40.9 Å². The van der Waals surface area contributed by atoms with Crippen LogP contribution in [0.3, 0.4) is 0 Å². The number of aliphatic imine (C=N–C) groups is 1. The van der Waals surface area contributed by atoms with Gasteiger partial charge in [-0.25, -0.2) is 15.0 Å². The second kappa shape index (κ2) is 10.9. The summed E-state index contributed by atoms with van der Waals surface area (Å²) in [6.45, 7) is 11.8. The Labute approximate surface area is 189 Å². The topological polar surface area (TPSA) is 65.4 Å². The summed E-state index contributed by atoms with van der Waals surface area (Å²) in [6.07, 6.45) is 4.10. The third-order valence-corrected chi connectivity index (χ3v) is 5.90. The van der Waals surface area contributed by atoms with E-state index < -0.39 is 0 Å². The highest BCUT2D eigenvalue weighted by Crippen LogP contribution is 2.19. The summed E-state index contributed by atoms with van der Waals surface area (Å²) >= 11 is 1.73. The van der Waals surface area contributed by atoms with E-state index in [1.807, 2.05) is 6.20 Å². The number of guanidine groups is 1. The Morgan fingerprint density at radius 2 is 2.00 bits per heavy atom. The van der Waals surface area contributed by atoms with Crippen LogP contribution in [0.15, 0.2) is 23.3 Å². The number of hydrogen-bond acceptors (Lipinski definition) is 5. The molecular formula is C20H31IN6S. The summed E-state index contributed by atoms with van der Waals surface area (Å²) in [4.78, 5) is 17.5. The zero-order valence-corrected chi connectivity index (χ0v) is 20.3. The fourth-order valence-electron chi connectivity index (χ4n) is 3.17. The number of nitrogens with one attached hydrogen (secondary N) is 2.